The maximum Gasteiger partial charge on any atom is 0.240 e. The minimum atomic E-state index is -3.57. The number of hydrogen-bond donors (Lipinski definition) is 1. The molecule has 6 nitrogen and oxygen atoms in total. The molecule has 0 radical (unpaired) electrons. The molecule has 1 atom stereocenters. The summed E-state index contributed by atoms with van der Waals surface area (Å²) in [5.74, 6) is 1.23. The van der Waals surface area contributed by atoms with Gasteiger partial charge in [0.25, 0.3) is 0 Å². The highest BCUT2D eigenvalue weighted by molar-refractivity contribution is 7.89. The molecule has 2 fully saturated rings. The van der Waals surface area contributed by atoms with Crippen molar-refractivity contribution in [1.29, 1.82) is 0 Å². The summed E-state index contributed by atoms with van der Waals surface area (Å²) in [6.45, 7) is 2.94. The van der Waals surface area contributed by atoms with E-state index in [4.69, 9.17) is 16.3 Å². The number of Topliss-reactive ketones (excluding diaryl/α,β-unsaturated/α-hetero) is 1. The van der Waals surface area contributed by atoms with Crippen molar-refractivity contribution in [2.45, 2.75) is 36.6 Å². The van der Waals surface area contributed by atoms with Crippen LogP contribution < -0.4 is 9.46 Å². The fraction of sp³-hybridized carbons (Fsp3) is 0.435. The number of nitrogens with zero attached hydrogens (tertiary/aromatic N) is 1. The third-order valence-corrected chi connectivity index (χ3v) is 7.43. The molecule has 1 unspecified atom stereocenters. The number of ether oxygens (including phenoxy) is 1. The Kier molecular flexibility index (Phi) is 6.96. The van der Waals surface area contributed by atoms with Gasteiger partial charge in [0.1, 0.15) is 5.75 Å². The van der Waals surface area contributed by atoms with Crippen LogP contribution in [-0.2, 0) is 10.0 Å². The SMILES string of the molecule is O=C(c1ccc(OCCCN2CCC(NS(=O)(=O)c3cccc(Cl)c3)C2)cc1)C1CC1. The Balaban J connectivity index is 1.17. The molecule has 1 aliphatic carbocycles. The number of nitrogens with one attached hydrogen (secondary N) is 1. The van der Waals surface area contributed by atoms with Crippen molar-refractivity contribution >= 4 is 27.4 Å². The third kappa shape index (κ3) is 6.07. The monoisotopic (exact) mass is 462 g/mol. The zero-order valence-corrected chi connectivity index (χ0v) is 18.9. The van der Waals surface area contributed by atoms with E-state index in [9.17, 15) is 13.2 Å². The first-order valence-electron chi connectivity index (χ1n) is 10.7. The number of hydrogen-bond acceptors (Lipinski definition) is 5. The molecule has 0 amide bonds. The molecule has 1 aliphatic heterocycles. The van der Waals surface area contributed by atoms with Crippen LogP contribution >= 0.6 is 11.6 Å². The number of likely N-dealkylation sites (tertiary alicyclic amines) is 1. The lowest BCUT2D eigenvalue weighted by molar-refractivity contribution is 0.0967. The van der Waals surface area contributed by atoms with E-state index in [1.165, 1.54) is 6.07 Å². The number of carbonyl (C=O) groups is 1. The van der Waals surface area contributed by atoms with Crippen LogP contribution in [0.5, 0.6) is 5.75 Å². The molecule has 4 rings (SSSR count). The molecule has 1 N–H and O–H groups in total. The largest absolute Gasteiger partial charge is 0.494 e. The third-order valence-electron chi connectivity index (χ3n) is 5.67. The van der Waals surface area contributed by atoms with Crippen molar-refractivity contribution in [2.24, 2.45) is 5.92 Å². The maximum absolute atomic E-state index is 12.5. The molecule has 0 spiro atoms. The topological polar surface area (TPSA) is 75.7 Å². The second-order valence-electron chi connectivity index (χ2n) is 8.23. The highest BCUT2D eigenvalue weighted by Crippen LogP contribution is 2.32. The first-order chi connectivity index (χ1) is 14.9. The van der Waals surface area contributed by atoms with E-state index in [0.717, 1.165) is 50.1 Å². The van der Waals surface area contributed by atoms with Gasteiger partial charge in [0, 0.05) is 35.6 Å². The van der Waals surface area contributed by atoms with Crippen molar-refractivity contribution in [3.8, 4) is 5.75 Å². The molecule has 0 aromatic heterocycles. The molecular weight excluding hydrogens is 436 g/mol. The van der Waals surface area contributed by atoms with Gasteiger partial charge in [-0.1, -0.05) is 17.7 Å². The van der Waals surface area contributed by atoms with Crippen LogP contribution in [0, 0.1) is 5.92 Å². The summed E-state index contributed by atoms with van der Waals surface area (Å²) in [6, 6.07) is 13.6. The van der Waals surface area contributed by atoms with Gasteiger partial charge < -0.3 is 9.64 Å². The van der Waals surface area contributed by atoms with Crippen LogP contribution in [0.1, 0.15) is 36.0 Å². The van der Waals surface area contributed by atoms with Gasteiger partial charge in [-0.05, 0) is 74.7 Å². The predicted molar refractivity (Wildman–Crippen MR) is 120 cm³/mol. The van der Waals surface area contributed by atoms with Crippen LogP contribution in [0.4, 0.5) is 0 Å². The van der Waals surface area contributed by atoms with Crippen molar-refractivity contribution in [3.63, 3.8) is 0 Å². The zero-order chi connectivity index (χ0) is 21.8. The van der Waals surface area contributed by atoms with E-state index in [1.807, 2.05) is 24.3 Å². The highest BCUT2D eigenvalue weighted by Gasteiger charge is 2.30. The first-order valence-corrected chi connectivity index (χ1v) is 12.5. The lowest BCUT2D eigenvalue weighted by atomic mass is 10.1. The number of benzene rings is 2. The van der Waals surface area contributed by atoms with Gasteiger partial charge >= 0.3 is 0 Å². The van der Waals surface area contributed by atoms with Crippen LogP contribution in [0.3, 0.4) is 0 Å². The summed E-state index contributed by atoms with van der Waals surface area (Å²) in [5.41, 5.74) is 0.762. The Bertz CT molecular complexity index is 1020. The Labute approximate surface area is 188 Å². The number of ketones is 1. The lowest BCUT2D eigenvalue weighted by Crippen LogP contribution is -2.37. The summed E-state index contributed by atoms with van der Waals surface area (Å²) >= 11 is 5.92. The molecule has 31 heavy (non-hydrogen) atoms. The molecule has 1 heterocycles. The minimum Gasteiger partial charge on any atom is -0.494 e. The summed E-state index contributed by atoms with van der Waals surface area (Å²) in [7, 11) is -3.57. The Morgan fingerprint density at radius 2 is 1.90 bits per heavy atom. The summed E-state index contributed by atoms with van der Waals surface area (Å²) in [5, 5.41) is 0.403. The lowest BCUT2D eigenvalue weighted by Gasteiger charge is -2.17. The van der Waals surface area contributed by atoms with Crippen molar-refractivity contribution in [2.75, 3.05) is 26.2 Å². The Hall–Kier alpha value is -1.93. The van der Waals surface area contributed by atoms with Gasteiger partial charge in [0.05, 0.1) is 11.5 Å². The summed E-state index contributed by atoms with van der Waals surface area (Å²) in [6.07, 6.45) is 3.64. The zero-order valence-electron chi connectivity index (χ0n) is 17.3. The Morgan fingerprint density at radius 1 is 1.13 bits per heavy atom. The molecule has 2 aliphatic rings. The second kappa shape index (κ2) is 9.69. The number of rotatable bonds is 10. The molecule has 2 aromatic carbocycles. The molecule has 2 aromatic rings. The predicted octanol–water partition coefficient (Wildman–Crippen LogP) is 3.75. The second-order valence-corrected chi connectivity index (χ2v) is 10.4. The average molecular weight is 463 g/mol. The van der Waals surface area contributed by atoms with Crippen LogP contribution in [0.25, 0.3) is 0 Å². The number of halogens is 1. The molecule has 0 bridgehead atoms. The summed E-state index contributed by atoms with van der Waals surface area (Å²) < 4.78 is 33.7. The van der Waals surface area contributed by atoms with Crippen molar-refractivity contribution in [1.82, 2.24) is 9.62 Å². The van der Waals surface area contributed by atoms with Gasteiger partial charge in [0.2, 0.25) is 10.0 Å². The molecule has 8 heteroatoms. The first kappa shape index (κ1) is 22.3. The van der Waals surface area contributed by atoms with Crippen molar-refractivity contribution < 1.29 is 17.9 Å². The Morgan fingerprint density at radius 3 is 2.61 bits per heavy atom. The molecule has 166 valence electrons. The van der Waals surface area contributed by atoms with Crippen LogP contribution in [0.15, 0.2) is 53.4 Å². The van der Waals surface area contributed by atoms with Gasteiger partial charge in [-0.2, -0.15) is 0 Å². The van der Waals surface area contributed by atoms with Crippen LogP contribution in [-0.4, -0.2) is 51.4 Å². The highest BCUT2D eigenvalue weighted by atomic mass is 35.5. The van der Waals surface area contributed by atoms with Crippen molar-refractivity contribution in [3.05, 3.63) is 59.1 Å². The van der Waals surface area contributed by atoms with Crippen LogP contribution in [0.2, 0.25) is 5.02 Å². The van der Waals surface area contributed by atoms with E-state index in [-0.39, 0.29) is 22.6 Å². The number of sulfonamides is 1. The van der Waals surface area contributed by atoms with E-state index in [0.29, 0.717) is 18.2 Å². The van der Waals surface area contributed by atoms with Gasteiger partial charge in [-0.3, -0.25) is 4.79 Å². The molecule has 1 saturated heterocycles. The minimum absolute atomic E-state index is 0.110. The molecular formula is C23H27ClN2O4S. The fourth-order valence-electron chi connectivity index (χ4n) is 3.83. The van der Waals surface area contributed by atoms with Gasteiger partial charge in [-0.15, -0.1) is 0 Å². The van der Waals surface area contributed by atoms with Gasteiger partial charge in [0.15, 0.2) is 5.78 Å². The quantitative estimate of drug-likeness (QED) is 0.430. The average Bonchev–Trinajstić information content (AvgIpc) is 3.52. The van der Waals surface area contributed by atoms with E-state index >= 15 is 0 Å². The number of carbonyl (C=O) groups excluding carboxylic acids is 1. The maximum atomic E-state index is 12.5. The van der Waals surface area contributed by atoms with E-state index in [2.05, 4.69) is 9.62 Å². The normalized spacial score (nSPS) is 19.5. The standard InChI is InChI=1S/C23H27ClN2O4S/c24-19-3-1-4-22(15-19)31(28,29)25-20-11-13-26(16-20)12-2-14-30-21-9-7-18(8-10-21)23(27)17-5-6-17/h1,3-4,7-10,15,17,20,25H,2,5-6,11-14,16H2. The molecule has 1 saturated carbocycles. The van der Waals surface area contributed by atoms with E-state index in [1.54, 1.807) is 18.2 Å². The summed E-state index contributed by atoms with van der Waals surface area (Å²) in [4.78, 5) is 14.5. The van der Waals surface area contributed by atoms with E-state index < -0.39 is 10.0 Å². The fourth-order valence-corrected chi connectivity index (χ4v) is 5.39. The van der Waals surface area contributed by atoms with Gasteiger partial charge in [-0.25, -0.2) is 13.1 Å². The smallest absolute Gasteiger partial charge is 0.240 e.